The van der Waals surface area contributed by atoms with E-state index in [1.54, 1.807) is 0 Å². The van der Waals surface area contributed by atoms with Gasteiger partial charge in [0.1, 0.15) is 0 Å². The first kappa shape index (κ1) is 22.1. The molecule has 0 saturated heterocycles. The van der Waals surface area contributed by atoms with Crippen LogP contribution in [0.3, 0.4) is 0 Å². The molecule has 0 unspecified atom stereocenters. The number of nitrogens with zero attached hydrogens (tertiary/aromatic N) is 1. The Hall–Kier alpha value is -3.75. The topological polar surface area (TPSA) is 3.24 Å². The number of aryl methyl sites for hydroxylation is 2. The zero-order chi connectivity index (χ0) is 23.3. The maximum atomic E-state index is 2.31. The van der Waals surface area contributed by atoms with Gasteiger partial charge in [0.05, 0.1) is 10.9 Å². The van der Waals surface area contributed by atoms with E-state index >= 15 is 0 Å². The fraction of sp³-hybridized carbons (Fsp3) is 0.0625. The summed E-state index contributed by atoms with van der Waals surface area (Å²) in [6.45, 7) is 4.43. The molecule has 0 radical (unpaired) electrons. The highest BCUT2D eigenvalue weighted by Crippen LogP contribution is 2.38. The van der Waals surface area contributed by atoms with Crippen LogP contribution in [0, 0.1) is 13.8 Å². The van der Waals surface area contributed by atoms with Gasteiger partial charge in [0, 0.05) is 28.2 Å². The van der Waals surface area contributed by atoms with Crippen LogP contribution in [0.1, 0.15) is 11.1 Å². The van der Waals surface area contributed by atoms with Crippen molar-refractivity contribution in [2.24, 2.45) is 0 Å². The van der Waals surface area contributed by atoms with Crippen LogP contribution < -0.4 is 4.90 Å². The third-order valence-corrected chi connectivity index (χ3v) is 8.53. The van der Waals surface area contributed by atoms with E-state index in [0.29, 0.717) is 0 Å². The summed E-state index contributed by atoms with van der Waals surface area (Å²) in [4.78, 5) is 6.40. The van der Waals surface area contributed by atoms with E-state index in [4.69, 9.17) is 0 Å². The molecule has 0 spiro atoms. The Kier molecular flexibility index (Phi) is 6.51. The highest BCUT2D eigenvalue weighted by Gasteiger charge is 2.31. The summed E-state index contributed by atoms with van der Waals surface area (Å²) in [5, 5.41) is 0. The molecule has 5 aromatic rings. The standard InChI is InChI=1S/C32H28NS/c1-25-13-9-11-19-31(25)34(32-20-12-10-14-26(32)2)30-23-21-29(22-24-30)33(27-15-5-3-6-16-27)28-17-7-4-8-18-28/h3-24H,1-2H3/q+1. The molecule has 34 heavy (non-hydrogen) atoms. The molecule has 0 aliphatic carbocycles. The molecule has 1 nitrogen and oxygen atoms in total. The molecule has 5 aromatic carbocycles. The van der Waals surface area contributed by atoms with Crippen molar-refractivity contribution in [2.45, 2.75) is 28.5 Å². The normalized spacial score (nSPS) is 10.9. The van der Waals surface area contributed by atoms with Crippen molar-refractivity contribution < 1.29 is 0 Å². The van der Waals surface area contributed by atoms with Crippen molar-refractivity contribution in [2.75, 3.05) is 4.90 Å². The van der Waals surface area contributed by atoms with Gasteiger partial charge in [-0.2, -0.15) is 0 Å². The second-order valence-corrected chi connectivity index (χ2v) is 10.3. The predicted octanol–water partition coefficient (Wildman–Crippen LogP) is 8.87. The molecule has 0 aliphatic heterocycles. The zero-order valence-corrected chi connectivity index (χ0v) is 20.4. The molecule has 166 valence electrons. The number of anilines is 3. The Morgan fingerprint density at radius 3 is 1.24 bits per heavy atom. The van der Waals surface area contributed by atoms with Gasteiger partial charge in [-0.05, 0) is 74.5 Å². The summed E-state index contributed by atoms with van der Waals surface area (Å²) in [6, 6.07) is 47.8. The molecule has 0 atom stereocenters. The molecular formula is C32H28NS+. The smallest absolute Gasteiger partial charge is 0.169 e. The Morgan fingerprint density at radius 2 is 0.794 bits per heavy atom. The summed E-state index contributed by atoms with van der Waals surface area (Å²) in [6.07, 6.45) is 0. The van der Waals surface area contributed by atoms with E-state index in [9.17, 15) is 0 Å². The molecule has 0 aliphatic rings. The second-order valence-electron chi connectivity index (χ2n) is 8.34. The quantitative estimate of drug-likeness (QED) is 0.230. The van der Waals surface area contributed by atoms with Crippen LogP contribution in [-0.2, 0) is 10.9 Å². The van der Waals surface area contributed by atoms with E-state index in [-0.39, 0.29) is 10.9 Å². The molecule has 5 rings (SSSR count). The van der Waals surface area contributed by atoms with Gasteiger partial charge in [-0.15, -0.1) is 0 Å². The molecule has 2 heteroatoms. The summed E-state index contributed by atoms with van der Waals surface area (Å²) in [5.41, 5.74) is 6.11. The van der Waals surface area contributed by atoms with E-state index in [0.717, 1.165) is 17.1 Å². The van der Waals surface area contributed by atoms with Crippen molar-refractivity contribution in [1.29, 1.82) is 0 Å². The lowest BCUT2D eigenvalue weighted by Gasteiger charge is -2.25. The minimum absolute atomic E-state index is 0.167. The third-order valence-electron chi connectivity index (χ3n) is 5.99. The van der Waals surface area contributed by atoms with Gasteiger partial charge in [-0.1, -0.05) is 72.8 Å². The average Bonchev–Trinajstić information content (AvgIpc) is 2.89. The lowest BCUT2D eigenvalue weighted by molar-refractivity contribution is 1.21. The number of benzene rings is 5. The van der Waals surface area contributed by atoms with Crippen LogP contribution in [0.4, 0.5) is 17.1 Å². The van der Waals surface area contributed by atoms with E-state index in [1.165, 1.54) is 25.8 Å². The van der Waals surface area contributed by atoms with Gasteiger partial charge >= 0.3 is 0 Å². The van der Waals surface area contributed by atoms with E-state index < -0.39 is 0 Å². The minimum atomic E-state index is -0.167. The van der Waals surface area contributed by atoms with Crippen LogP contribution in [0.5, 0.6) is 0 Å². The average molecular weight is 459 g/mol. The molecule has 0 saturated carbocycles. The van der Waals surface area contributed by atoms with E-state index in [1.807, 2.05) is 0 Å². The molecule has 0 aromatic heterocycles. The Bertz CT molecular complexity index is 1280. The fourth-order valence-electron chi connectivity index (χ4n) is 4.28. The maximum Gasteiger partial charge on any atom is 0.169 e. The molecule has 0 fully saturated rings. The Morgan fingerprint density at radius 1 is 0.412 bits per heavy atom. The molecular weight excluding hydrogens is 430 g/mol. The molecule has 0 heterocycles. The number of hydrogen-bond acceptors (Lipinski definition) is 1. The van der Waals surface area contributed by atoms with Crippen LogP contribution >= 0.6 is 0 Å². The van der Waals surface area contributed by atoms with Crippen molar-refractivity contribution in [3.63, 3.8) is 0 Å². The monoisotopic (exact) mass is 458 g/mol. The van der Waals surface area contributed by atoms with Crippen LogP contribution in [0.15, 0.2) is 148 Å². The van der Waals surface area contributed by atoms with Crippen LogP contribution in [0.2, 0.25) is 0 Å². The SMILES string of the molecule is Cc1ccccc1[S+](c1ccc(N(c2ccccc2)c2ccccc2)cc1)c1ccccc1C. The van der Waals surface area contributed by atoms with Crippen LogP contribution in [-0.4, -0.2) is 0 Å². The summed E-state index contributed by atoms with van der Waals surface area (Å²) in [7, 11) is -0.167. The minimum Gasteiger partial charge on any atom is -0.311 e. The van der Waals surface area contributed by atoms with Crippen molar-refractivity contribution in [1.82, 2.24) is 0 Å². The number of para-hydroxylation sites is 2. The van der Waals surface area contributed by atoms with Gasteiger partial charge in [0.25, 0.3) is 0 Å². The van der Waals surface area contributed by atoms with Crippen molar-refractivity contribution in [3.8, 4) is 0 Å². The molecule has 0 N–H and O–H groups in total. The highest BCUT2D eigenvalue weighted by atomic mass is 32.2. The van der Waals surface area contributed by atoms with Gasteiger partial charge in [-0.3, -0.25) is 0 Å². The maximum absolute atomic E-state index is 2.31. The summed E-state index contributed by atoms with van der Waals surface area (Å²) < 4.78 is 0. The fourth-order valence-corrected chi connectivity index (χ4v) is 6.64. The zero-order valence-electron chi connectivity index (χ0n) is 19.6. The number of rotatable bonds is 6. The third kappa shape index (κ3) is 4.50. The highest BCUT2D eigenvalue weighted by molar-refractivity contribution is 7.97. The van der Waals surface area contributed by atoms with Gasteiger partial charge in [0.2, 0.25) is 0 Å². The predicted molar refractivity (Wildman–Crippen MR) is 146 cm³/mol. The Labute approximate surface area is 205 Å². The molecule has 0 bridgehead atoms. The molecule has 0 amide bonds. The largest absolute Gasteiger partial charge is 0.311 e. The first-order valence-electron chi connectivity index (χ1n) is 11.6. The lowest BCUT2D eigenvalue weighted by atomic mass is 10.2. The van der Waals surface area contributed by atoms with Gasteiger partial charge < -0.3 is 4.90 Å². The van der Waals surface area contributed by atoms with Crippen molar-refractivity contribution >= 4 is 28.0 Å². The van der Waals surface area contributed by atoms with Crippen LogP contribution in [0.25, 0.3) is 0 Å². The first-order valence-corrected chi connectivity index (χ1v) is 12.8. The Balaban J connectivity index is 1.61. The van der Waals surface area contributed by atoms with Gasteiger partial charge in [-0.25, -0.2) is 0 Å². The first-order chi connectivity index (χ1) is 16.7. The number of hydrogen-bond donors (Lipinski definition) is 0. The lowest BCUT2D eigenvalue weighted by Crippen LogP contribution is -2.11. The summed E-state index contributed by atoms with van der Waals surface area (Å²) >= 11 is 0. The van der Waals surface area contributed by atoms with Gasteiger partial charge in [0.15, 0.2) is 14.7 Å². The summed E-state index contributed by atoms with van der Waals surface area (Å²) in [5.74, 6) is 0. The second kappa shape index (κ2) is 10.0. The van der Waals surface area contributed by atoms with E-state index in [2.05, 4.69) is 152 Å². The van der Waals surface area contributed by atoms with Crippen molar-refractivity contribution in [3.05, 3.63) is 145 Å².